The largest absolute Gasteiger partial charge is 0.450 e. The second-order valence-corrected chi connectivity index (χ2v) is 8.16. The van der Waals surface area contributed by atoms with Crippen molar-refractivity contribution in [3.05, 3.63) is 76.4 Å². The monoisotopic (exact) mass is 373 g/mol. The van der Waals surface area contributed by atoms with E-state index in [1.807, 2.05) is 48.2 Å². The number of carbonyl (C=O) groups excluding carboxylic acids is 2. The van der Waals surface area contributed by atoms with Crippen LogP contribution in [0.2, 0.25) is 0 Å². The number of rotatable bonds is 1. The first-order valence-corrected chi connectivity index (χ1v) is 9.91. The fourth-order valence-corrected chi connectivity index (χ4v) is 5.11. The van der Waals surface area contributed by atoms with E-state index >= 15 is 0 Å². The van der Waals surface area contributed by atoms with E-state index in [4.69, 9.17) is 4.74 Å². The Hall–Kier alpha value is -2.88. The molecule has 1 spiro atoms. The molecular formula is C24H23NO3. The number of hydrogen-bond donors (Lipinski definition) is 0. The second kappa shape index (κ2) is 6.06. The van der Waals surface area contributed by atoms with Crippen molar-refractivity contribution < 1.29 is 14.3 Å². The zero-order valence-electron chi connectivity index (χ0n) is 16.2. The molecule has 2 heterocycles. The van der Waals surface area contributed by atoms with Crippen molar-refractivity contribution in [3.63, 3.8) is 0 Å². The van der Waals surface area contributed by atoms with E-state index < -0.39 is 5.60 Å². The Kier molecular flexibility index (Phi) is 3.73. The third-order valence-corrected chi connectivity index (χ3v) is 6.71. The number of carbonyl (C=O) groups is 2. The summed E-state index contributed by atoms with van der Waals surface area (Å²) < 4.78 is 5.91. The molecule has 2 aromatic rings. The third kappa shape index (κ3) is 2.30. The minimum Gasteiger partial charge on any atom is -0.450 e. The Morgan fingerprint density at radius 3 is 2.57 bits per heavy atom. The number of fused-ring (bicyclic) bond motifs is 3. The Balaban J connectivity index is 1.40. The number of esters is 1. The lowest BCUT2D eigenvalue weighted by Gasteiger charge is -2.43. The maximum Gasteiger partial charge on any atom is 0.339 e. The lowest BCUT2D eigenvalue weighted by molar-refractivity contribution is -0.135. The van der Waals surface area contributed by atoms with E-state index in [9.17, 15) is 9.59 Å². The fourth-order valence-electron chi connectivity index (χ4n) is 5.11. The highest BCUT2D eigenvalue weighted by atomic mass is 16.6. The molecule has 2 atom stereocenters. The average molecular weight is 373 g/mol. The van der Waals surface area contributed by atoms with E-state index in [2.05, 4.69) is 19.1 Å². The zero-order valence-corrected chi connectivity index (χ0v) is 16.2. The van der Waals surface area contributed by atoms with Gasteiger partial charge < -0.3 is 9.64 Å². The molecule has 1 fully saturated rings. The maximum absolute atomic E-state index is 13.3. The molecule has 0 N–H and O–H groups in total. The minimum absolute atomic E-state index is 0.0440. The van der Waals surface area contributed by atoms with Crippen LogP contribution in [0.25, 0.3) is 5.57 Å². The molecule has 1 unspecified atom stereocenters. The highest BCUT2D eigenvalue weighted by Gasteiger charge is 2.52. The summed E-state index contributed by atoms with van der Waals surface area (Å²) in [7, 11) is 0. The van der Waals surface area contributed by atoms with Gasteiger partial charge in [0.2, 0.25) is 5.91 Å². The number of ether oxygens (including phenoxy) is 1. The van der Waals surface area contributed by atoms with Gasteiger partial charge in [-0.05, 0) is 29.7 Å². The zero-order chi connectivity index (χ0) is 19.5. The van der Waals surface area contributed by atoms with Crippen LogP contribution in [0.3, 0.4) is 0 Å². The van der Waals surface area contributed by atoms with E-state index in [1.165, 1.54) is 11.1 Å². The van der Waals surface area contributed by atoms with Crippen molar-refractivity contribution in [2.24, 2.45) is 5.92 Å². The summed E-state index contributed by atoms with van der Waals surface area (Å²) in [5, 5.41) is 0. The van der Waals surface area contributed by atoms with Gasteiger partial charge >= 0.3 is 5.97 Å². The number of amides is 1. The van der Waals surface area contributed by atoms with Gasteiger partial charge in [-0.2, -0.15) is 0 Å². The lowest BCUT2D eigenvalue weighted by atomic mass is 9.76. The normalized spacial score (nSPS) is 25.7. The summed E-state index contributed by atoms with van der Waals surface area (Å²) in [6.07, 6.45) is 1.34. The van der Waals surface area contributed by atoms with Crippen LogP contribution in [0.1, 0.15) is 47.3 Å². The van der Waals surface area contributed by atoms with Gasteiger partial charge in [0.15, 0.2) is 0 Å². The molecule has 0 radical (unpaired) electrons. The summed E-state index contributed by atoms with van der Waals surface area (Å²) in [6.45, 7) is 5.31. The molecule has 4 nitrogen and oxygen atoms in total. The molecule has 2 aliphatic heterocycles. The minimum atomic E-state index is -0.605. The van der Waals surface area contributed by atoms with Crippen LogP contribution in [0, 0.1) is 5.92 Å². The second-order valence-electron chi connectivity index (χ2n) is 8.16. The summed E-state index contributed by atoms with van der Waals surface area (Å²) in [5.74, 6) is -0.0810. The van der Waals surface area contributed by atoms with E-state index in [0.29, 0.717) is 31.5 Å². The predicted molar refractivity (Wildman–Crippen MR) is 107 cm³/mol. The van der Waals surface area contributed by atoms with Crippen molar-refractivity contribution in [2.45, 2.75) is 32.3 Å². The van der Waals surface area contributed by atoms with Gasteiger partial charge in [-0.15, -0.1) is 0 Å². The van der Waals surface area contributed by atoms with Crippen molar-refractivity contribution >= 4 is 17.4 Å². The summed E-state index contributed by atoms with van der Waals surface area (Å²) in [4.78, 5) is 27.6. The molecule has 4 heteroatoms. The topological polar surface area (TPSA) is 46.6 Å². The molecule has 1 saturated heterocycles. The van der Waals surface area contributed by atoms with Gasteiger partial charge in [-0.1, -0.05) is 49.4 Å². The van der Waals surface area contributed by atoms with E-state index in [-0.39, 0.29) is 17.8 Å². The molecule has 2 aromatic carbocycles. The first-order valence-electron chi connectivity index (χ1n) is 9.91. The molecular weight excluding hydrogens is 350 g/mol. The van der Waals surface area contributed by atoms with Crippen molar-refractivity contribution in [1.82, 2.24) is 4.90 Å². The molecule has 28 heavy (non-hydrogen) atoms. The molecule has 0 bridgehead atoms. The molecule has 5 rings (SSSR count). The van der Waals surface area contributed by atoms with Crippen LogP contribution < -0.4 is 0 Å². The van der Waals surface area contributed by atoms with Crippen molar-refractivity contribution in [1.29, 1.82) is 0 Å². The standard InChI is InChI=1S/C24H23NO3/c1-15-14-25(22(26)20-13-17-7-3-4-8-18(17)16(20)2)12-11-24(15)21-10-6-5-9-19(21)23(27)28-24/h3-10,15H,11-14H2,1-2H3/t15-,24?/m0/s1. The van der Waals surface area contributed by atoms with Gasteiger partial charge in [-0.3, -0.25) is 4.79 Å². The fraction of sp³-hybridized carbons (Fsp3) is 0.333. The van der Waals surface area contributed by atoms with Crippen LogP contribution in [0.4, 0.5) is 0 Å². The molecule has 3 aliphatic rings. The molecule has 142 valence electrons. The highest BCUT2D eigenvalue weighted by molar-refractivity contribution is 6.04. The Morgan fingerprint density at radius 1 is 1.11 bits per heavy atom. The summed E-state index contributed by atoms with van der Waals surface area (Å²) in [5.41, 5.74) is 5.43. The number of piperidine rings is 1. The predicted octanol–water partition coefficient (Wildman–Crippen LogP) is 3.95. The van der Waals surface area contributed by atoms with Crippen LogP contribution in [0.15, 0.2) is 54.1 Å². The van der Waals surface area contributed by atoms with Crippen LogP contribution in [-0.2, 0) is 21.6 Å². The molecule has 1 amide bonds. The molecule has 0 aromatic heterocycles. The summed E-state index contributed by atoms with van der Waals surface area (Å²) >= 11 is 0. The molecule has 1 aliphatic carbocycles. The van der Waals surface area contributed by atoms with Crippen molar-refractivity contribution in [2.75, 3.05) is 13.1 Å². The smallest absolute Gasteiger partial charge is 0.339 e. The Morgan fingerprint density at radius 2 is 1.82 bits per heavy atom. The van der Waals surface area contributed by atoms with Crippen molar-refractivity contribution in [3.8, 4) is 0 Å². The van der Waals surface area contributed by atoms with Gasteiger partial charge in [-0.25, -0.2) is 4.79 Å². The number of allylic oxidation sites excluding steroid dienone is 1. The summed E-state index contributed by atoms with van der Waals surface area (Å²) in [6, 6.07) is 15.9. The third-order valence-electron chi connectivity index (χ3n) is 6.71. The highest BCUT2D eigenvalue weighted by Crippen LogP contribution is 2.47. The van der Waals surface area contributed by atoms with Crippen LogP contribution >= 0.6 is 0 Å². The van der Waals surface area contributed by atoms with Gasteiger partial charge in [0.05, 0.1) is 5.56 Å². The average Bonchev–Trinajstić information content (AvgIpc) is 3.20. The van der Waals surface area contributed by atoms with Crippen LogP contribution in [0.5, 0.6) is 0 Å². The molecule has 0 saturated carbocycles. The lowest BCUT2D eigenvalue weighted by Crippen LogP contribution is -2.51. The number of likely N-dealkylation sites (tertiary alicyclic amines) is 1. The number of benzene rings is 2. The van der Waals surface area contributed by atoms with Gasteiger partial charge in [0.25, 0.3) is 0 Å². The first kappa shape index (κ1) is 17.2. The maximum atomic E-state index is 13.3. The van der Waals surface area contributed by atoms with E-state index in [1.54, 1.807) is 0 Å². The number of nitrogens with zero attached hydrogens (tertiary/aromatic N) is 1. The van der Waals surface area contributed by atoms with Gasteiger partial charge in [0, 0.05) is 43.0 Å². The van der Waals surface area contributed by atoms with E-state index in [0.717, 1.165) is 16.7 Å². The SMILES string of the molecule is CC1=C(C(=O)N2CCC3(OC(=O)c4ccccc43)[C@@H](C)C2)Cc2ccccc21. The van der Waals surface area contributed by atoms with Crippen LogP contribution in [-0.4, -0.2) is 29.9 Å². The quantitative estimate of drug-likeness (QED) is 0.711. The first-order chi connectivity index (χ1) is 13.5. The number of hydrogen-bond acceptors (Lipinski definition) is 3. The van der Waals surface area contributed by atoms with Gasteiger partial charge in [0.1, 0.15) is 5.60 Å². The Bertz CT molecular complexity index is 1040. The Labute approximate surface area is 164 Å².